The van der Waals surface area contributed by atoms with Crippen molar-refractivity contribution >= 4 is 28.5 Å². The Kier molecular flexibility index (Phi) is 2.63. The van der Waals surface area contributed by atoms with Crippen LogP contribution in [-0.4, -0.2) is 31.7 Å². The summed E-state index contributed by atoms with van der Waals surface area (Å²) in [5.74, 6) is 1.53. The molecule has 2 heterocycles. The zero-order chi connectivity index (χ0) is 11.8. The van der Waals surface area contributed by atoms with Crippen molar-refractivity contribution in [2.45, 2.75) is 18.2 Å². The van der Waals surface area contributed by atoms with E-state index in [1.807, 2.05) is 7.05 Å². The fraction of sp³-hybridized carbons (Fsp3) is 0.545. The lowest BCUT2D eigenvalue weighted by Gasteiger charge is -2.31. The minimum Gasteiger partial charge on any atom is -0.369 e. The molecule has 17 heavy (non-hydrogen) atoms. The topological polar surface area (TPSA) is 55.6 Å². The molecule has 0 aliphatic heterocycles. The van der Waals surface area contributed by atoms with Gasteiger partial charge in [0.1, 0.15) is 12.1 Å². The van der Waals surface area contributed by atoms with E-state index < -0.39 is 0 Å². The molecule has 1 N–H and O–H groups in total. The first-order valence-electron chi connectivity index (χ1n) is 5.74. The van der Waals surface area contributed by atoms with Crippen molar-refractivity contribution in [2.75, 3.05) is 11.9 Å². The molecule has 1 fully saturated rings. The number of rotatable bonds is 3. The molecule has 0 unspecified atom stereocenters. The molecule has 0 aromatic carbocycles. The van der Waals surface area contributed by atoms with Gasteiger partial charge in [-0.3, -0.25) is 4.68 Å². The lowest BCUT2D eigenvalue weighted by atomic mass is 9.85. The van der Waals surface area contributed by atoms with Crippen LogP contribution in [-0.2, 0) is 7.05 Å². The number of nitrogens with zero attached hydrogens (tertiary/aromatic N) is 4. The molecule has 0 bridgehead atoms. The van der Waals surface area contributed by atoms with E-state index >= 15 is 0 Å². The first-order chi connectivity index (χ1) is 8.24. The first kappa shape index (κ1) is 10.8. The van der Waals surface area contributed by atoms with Crippen LogP contribution in [0.1, 0.15) is 12.8 Å². The van der Waals surface area contributed by atoms with Gasteiger partial charge in [-0.15, -0.1) is 11.6 Å². The Morgan fingerprint density at radius 2 is 2.29 bits per heavy atom. The quantitative estimate of drug-likeness (QED) is 0.845. The lowest BCUT2D eigenvalue weighted by Crippen LogP contribution is -2.30. The van der Waals surface area contributed by atoms with Gasteiger partial charge in [0.25, 0.3) is 0 Å². The molecule has 3 rings (SSSR count). The van der Waals surface area contributed by atoms with Crippen LogP contribution in [0.3, 0.4) is 0 Å². The Morgan fingerprint density at radius 1 is 1.47 bits per heavy atom. The van der Waals surface area contributed by atoms with E-state index in [4.69, 9.17) is 11.6 Å². The maximum absolute atomic E-state index is 5.96. The van der Waals surface area contributed by atoms with Crippen molar-refractivity contribution in [1.29, 1.82) is 0 Å². The minimum atomic E-state index is 0.366. The van der Waals surface area contributed by atoms with Crippen molar-refractivity contribution in [2.24, 2.45) is 13.0 Å². The van der Waals surface area contributed by atoms with Gasteiger partial charge in [0.05, 0.1) is 11.6 Å². The van der Waals surface area contributed by atoms with Gasteiger partial charge in [-0.05, 0) is 18.8 Å². The summed E-state index contributed by atoms with van der Waals surface area (Å²) in [5, 5.41) is 8.88. The zero-order valence-corrected chi connectivity index (χ0v) is 10.4. The molecule has 2 aromatic heterocycles. The van der Waals surface area contributed by atoms with Crippen LogP contribution in [0.15, 0.2) is 12.5 Å². The Balaban J connectivity index is 1.76. The normalized spacial score (nSPS) is 23.6. The van der Waals surface area contributed by atoms with Crippen molar-refractivity contribution in [3.05, 3.63) is 12.5 Å². The molecule has 0 atom stereocenters. The van der Waals surface area contributed by atoms with E-state index in [0.717, 1.165) is 36.2 Å². The van der Waals surface area contributed by atoms with Gasteiger partial charge in [-0.2, -0.15) is 5.10 Å². The molecule has 6 heteroatoms. The van der Waals surface area contributed by atoms with Gasteiger partial charge in [-0.25, -0.2) is 9.97 Å². The predicted molar refractivity (Wildman–Crippen MR) is 67.2 cm³/mol. The fourth-order valence-corrected chi connectivity index (χ4v) is 2.67. The summed E-state index contributed by atoms with van der Waals surface area (Å²) in [6, 6.07) is 0. The van der Waals surface area contributed by atoms with E-state index in [9.17, 15) is 0 Å². The maximum atomic E-state index is 5.96. The van der Waals surface area contributed by atoms with Crippen LogP contribution in [0, 0.1) is 5.92 Å². The maximum Gasteiger partial charge on any atom is 0.163 e. The Morgan fingerprint density at radius 3 is 3.06 bits per heavy atom. The number of hydrogen-bond acceptors (Lipinski definition) is 4. The molecular formula is C11H14ClN5. The first-order valence-corrected chi connectivity index (χ1v) is 6.18. The molecule has 0 radical (unpaired) electrons. The van der Waals surface area contributed by atoms with Crippen molar-refractivity contribution in [1.82, 2.24) is 19.7 Å². The van der Waals surface area contributed by atoms with Crippen LogP contribution in [0.25, 0.3) is 11.0 Å². The lowest BCUT2D eigenvalue weighted by molar-refractivity contribution is 0.341. The molecule has 1 aliphatic carbocycles. The highest BCUT2D eigenvalue weighted by Gasteiger charge is 2.26. The summed E-state index contributed by atoms with van der Waals surface area (Å²) in [6.07, 6.45) is 5.55. The third-order valence-electron chi connectivity index (χ3n) is 3.27. The highest BCUT2D eigenvalue weighted by Crippen LogP contribution is 2.32. The third-order valence-corrected chi connectivity index (χ3v) is 3.62. The SMILES string of the molecule is Cn1ncc2c(NCC3CC(Cl)C3)ncnc21. The number of fused-ring (bicyclic) bond motifs is 1. The third kappa shape index (κ3) is 1.95. The largest absolute Gasteiger partial charge is 0.369 e. The number of alkyl halides is 1. The van der Waals surface area contributed by atoms with Crippen LogP contribution < -0.4 is 5.32 Å². The Bertz CT molecular complexity index is 532. The van der Waals surface area contributed by atoms with Crippen molar-refractivity contribution in [3.63, 3.8) is 0 Å². The van der Waals surface area contributed by atoms with Crippen LogP contribution >= 0.6 is 11.6 Å². The van der Waals surface area contributed by atoms with Crippen molar-refractivity contribution in [3.8, 4) is 0 Å². The summed E-state index contributed by atoms with van der Waals surface area (Å²) < 4.78 is 1.75. The average molecular weight is 252 g/mol. The Labute approximate surface area is 104 Å². The zero-order valence-electron chi connectivity index (χ0n) is 9.60. The summed E-state index contributed by atoms with van der Waals surface area (Å²) in [7, 11) is 1.88. The van der Waals surface area contributed by atoms with Gasteiger partial charge in [0, 0.05) is 19.0 Å². The van der Waals surface area contributed by atoms with Gasteiger partial charge >= 0.3 is 0 Å². The van der Waals surface area contributed by atoms with Crippen LogP contribution in [0.5, 0.6) is 0 Å². The van der Waals surface area contributed by atoms with Crippen LogP contribution in [0.2, 0.25) is 0 Å². The van der Waals surface area contributed by atoms with E-state index in [1.165, 1.54) is 0 Å². The smallest absolute Gasteiger partial charge is 0.163 e. The number of aryl methyl sites for hydroxylation is 1. The molecule has 0 amide bonds. The van der Waals surface area contributed by atoms with Gasteiger partial charge < -0.3 is 5.32 Å². The monoisotopic (exact) mass is 251 g/mol. The van der Waals surface area contributed by atoms with Gasteiger partial charge in [0.15, 0.2) is 5.65 Å². The highest BCUT2D eigenvalue weighted by atomic mass is 35.5. The number of halogens is 1. The second kappa shape index (κ2) is 4.14. The van der Waals surface area contributed by atoms with Gasteiger partial charge in [-0.1, -0.05) is 0 Å². The van der Waals surface area contributed by atoms with Gasteiger partial charge in [0.2, 0.25) is 0 Å². The standard InChI is InChI=1S/C11H14ClN5/c1-17-11-9(5-16-17)10(14-6-15-11)13-4-7-2-8(12)3-7/h5-8H,2-4H2,1H3,(H,13,14,15). The summed E-state index contributed by atoms with van der Waals surface area (Å²) >= 11 is 5.96. The molecule has 1 saturated carbocycles. The average Bonchev–Trinajstić information content (AvgIpc) is 2.66. The number of hydrogen-bond donors (Lipinski definition) is 1. The molecule has 0 saturated heterocycles. The summed E-state index contributed by atoms with van der Waals surface area (Å²) in [6.45, 7) is 0.921. The van der Waals surface area contributed by atoms with E-state index in [1.54, 1.807) is 17.2 Å². The molecule has 2 aromatic rings. The summed E-state index contributed by atoms with van der Waals surface area (Å²) in [5.41, 5.74) is 0.853. The molecule has 5 nitrogen and oxygen atoms in total. The Hall–Kier alpha value is -1.36. The minimum absolute atomic E-state index is 0.366. The van der Waals surface area contributed by atoms with E-state index in [-0.39, 0.29) is 0 Å². The number of nitrogens with one attached hydrogen (secondary N) is 1. The second-order valence-corrected chi connectivity index (χ2v) is 5.16. The number of anilines is 1. The molecule has 90 valence electrons. The van der Waals surface area contributed by atoms with Crippen molar-refractivity contribution < 1.29 is 0 Å². The van der Waals surface area contributed by atoms with E-state index in [0.29, 0.717) is 11.3 Å². The van der Waals surface area contributed by atoms with E-state index in [2.05, 4.69) is 20.4 Å². The summed E-state index contributed by atoms with van der Waals surface area (Å²) in [4.78, 5) is 8.46. The molecular weight excluding hydrogens is 238 g/mol. The fourth-order valence-electron chi connectivity index (χ4n) is 2.16. The second-order valence-electron chi connectivity index (χ2n) is 4.54. The predicted octanol–water partition coefficient (Wildman–Crippen LogP) is 1.79. The van der Waals surface area contributed by atoms with Crippen LogP contribution in [0.4, 0.5) is 5.82 Å². The highest BCUT2D eigenvalue weighted by molar-refractivity contribution is 6.21. The number of aromatic nitrogens is 4. The molecule has 1 aliphatic rings. The molecule has 0 spiro atoms.